The van der Waals surface area contributed by atoms with Crippen LogP contribution >= 0.6 is 0 Å². The standard InChI is InChI=1S/C13H14N2O3/c1-14-5-4-9-6-10(13(17)18)15(7-8-2-3-8)11(9)12(14)16/h4-6,8H,2-3,7H2,1H3,(H,17,18). The molecule has 0 amide bonds. The second kappa shape index (κ2) is 3.73. The van der Waals surface area contributed by atoms with E-state index in [9.17, 15) is 14.7 Å². The molecule has 2 aromatic heterocycles. The number of carboxylic acid groups (broad SMARTS) is 1. The molecule has 0 bridgehead atoms. The average Bonchev–Trinajstić information content (AvgIpc) is 3.04. The predicted molar refractivity (Wildman–Crippen MR) is 66.9 cm³/mol. The maximum atomic E-state index is 12.1. The van der Waals surface area contributed by atoms with Crippen LogP contribution in [0.4, 0.5) is 0 Å². The summed E-state index contributed by atoms with van der Waals surface area (Å²) in [5.41, 5.74) is 0.574. The van der Waals surface area contributed by atoms with Gasteiger partial charge in [0.2, 0.25) is 0 Å². The topological polar surface area (TPSA) is 64.2 Å². The lowest BCUT2D eigenvalue weighted by Crippen LogP contribution is -2.20. The smallest absolute Gasteiger partial charge is 0.352 e. The van der Waals surface area contributed by atoms with Crippen molar-refractivity contribution >= 4 is 16.9 Å². The molecular formula is C13H14N2O3. The van der Waals surface area contributed by atoms with Crippen molar-refractivity contribution in [3.8, 4) is 0 Å². The second-order valence-corrected chi connectivity index (χ2v) is 4.92. The van der Waals surface area contributed by atoms with Crippen LogP contribution < -0.4 is 5.56 Å². The minimum absolute atomic E-state index is 0.138. The molecule has 1 N–H and O–H groups in total. The number of aromatic carboxylic acids is 1. The quantitative estimate of drug-likeness (QED) is 0.891. The van der Waals surface area contributed by atoms with Gasteiger partial charge in [-0.1, -0.05) is 0 Å². The molecule has 5 heteroatoms. The number of hydrogen-bond donors (Lipinski definition) is 1. The Kier molecular flexibility index (Phi) is 2.29. The lowest BCUT2D eigenvalue weighted by atomic mass is 10.3. The zero-order valence-electron chi connectivity index (χ0n) is 10.1. The van der Waals surface area contributed by atoms with Gasteiger partial charge in [0.25, 0.3) is 5.56 Å². The number of pyridine rings is 1. The molecule has 1 fully saturated rings. The molecular weight excluding hydrogens is 232 g/mol. The van der Waals surface area contributed by atoms with Crippen molar-refractivity contribution in [1.29, 1.82) is 0 Å². The molecule has 1 saturated carbocycles. The van der Waals surface area contributed by atoms with Gasteiger partial charge in [0.05, 0.1) is 0 Å². The number of nitrogens with zero attached hydrogens (tertiary/aromatic N) is 2. The minimum atomic E-state index is -0.978. The van der Waals surface area contributed by atoms with Crippen molar-refractivity contribution in [3.63, 3.8) is 0 Å². The highest BCUT2D eigenvalue weighted by Gasteiger charge is 2.26. The second-order valence-electron chi connectivity index (χ2n) is 4.92. The van der Waals surface area contributed by atoms with Crippen molar-refractivity contribution in [2.24, 2.45) is 13.0 Å². The lowest BCUT2D eigenvalue weighted by Gasteiger charge is -2.07. The summed E-state index contributed by atoms with van der Waals surface area (Å²) < 4.78 is 3.15. The Morgan fingerprint density at radius 3 is 2.83 bits per heavy atom. The first kappa shape index (κ1) is 11.1. The minimum Gasteiger partial charge on any atom is -0.477 e. The molecule has 0 aliphatic heterocycles. The maximum Gasteiger partial charge on any atom is 0.352 e. The van der Waals surface area contributed by atoms with Gasteiger partial charge in [0.15, 0.2) is 0 Å². The van der Waals surface area contributed by atoms with Crippen LogP contribution in [0.3, 0.4) is 0 Å². The highest BCUT2D eigenvalue weighted by Crippen LogP contribution is 2.32. The highest BCUT2D eigenvalue weighted by atomic mass is 16.4. The Labute approximate surface area is 103 Å². The molecule has 0 unspecified atom stereocenters. The van der Waals surface area contributed by atoms with E-state index in [2.05, 4.69) is 0 Å². The third kappa shape index (κ3) is 1.63. The van der Waals surface area contributed by atoms with Gasteiger partial charge >= 0.3 is 5.97 Å². The van der Waals surface area contributed by atoms with Crippen LogP contribution in [0, 0.1) is 5.92 Å². The van der Waals surface area contributed by atoms with E-state index in [0.29, 0.717) is 23.4 Å². The molecule has 5 nitrogen and oxygen atoms in total. The molecule has 94 valence electrons. The van der Waals surface area contributed by atoms with Crippen LogP contribution in [0.2, 0.25) is 0 Å². The first-order valence-corrected chi connectivity index (χ1v) is 6.00. The third-order valence-corrected chi connectivity index (χ3v) is 3.48. The van der Waals surface area contributed by atoms with Gasteiger partial charge in [-0.15, -0.1) is 0 Å². The average molecular weight is 246 g/mol. The maximum absolute atomic E-state index is 12.1. The molecule has 0 radical (unpaired) electrons. The summed E-state index contributed by atoms with van der Waals surface area (Å²) in [6.07, 6.45) is 3.90. The van der Waals surface area contributed by atoms with Gasteiger partial charge in [-0.25, -0.2) is 4.79 Å². The van der Waals surface area contributed by atoms with Crippen molar-refractivity contribution in [2.45, 2.75) is 19.4 Å². The number of aryl methyl sites for hydroxylation is 1. The fraction of sp³-hybridized carbons (Fsp3) is 0.385. The van der Waals surface area contributed by atoms with Crippen LogP contribution in [0.25, 0.3) is 10.9 Å². The van der Waals surface area contributed by atoms with Crippen LogP contribution in [-0.4, -0.2) is 20.2 Å². The van der Waals surface area contributed by atoms with Gasteiger partial charge < -0.3 is 14.2 Å². The molecule has 0 atom stereocenters. The SMILES string of the molecule is Cn1ccc2cc(C(=O)O)n(CC3CC3)c2c1=O. The third-order valence-electron chi connectivity index (χ3n) is 3.48. The fourth-order valence-corrected chi connectivity index (χ4v) is 2.29. The fourth-order valence-electron chi connectivity index (χ4n) is 2.29. The summed E-state index contributed by atoms with van der Waals surface area (Å²) in [7, 11) is 1.68. The van der Waals surface area contributed by atoms with E-state index in [-0.39, 0.29) is 11.3 Å². The van der Waals surface area contributed by atoms with E-state index < -0.39 is 5.97 Å². The van der Waals surface area contributed by atoms with Crippen LogP contribution in [-0.2, 0) is 13.6 Å². The Bertz CT molecular complexity index is 692. The van der Waals surface area contributed by atoms with Crippen LogP contribution in [0.5, 0.6) is 0 Å². The van der Waals surface area contributed by atoms with E-state index in [1.54, 1.807) is 29.9 Å². The molecule has 3 rings (SSSR count). The highest BCUT2D eigenvalue weighted by molar-refractivity contribution is 5.94. The zero-order valence-corrected chi connectivity index (χ0v) is 10.1. The Morgan fingerprint density at radius 2 is 2.22 bits per heavy atom. The van der Waals surface area contributed by atoms with Gasteiger partial charge in [-0.05, 0) is 30.9 Å². The van der Waals surface area contributed by atoms with Crippen LogP contribution in [0.1, 0.15) is 23.3 Å². The van der Waals surface area contributed by atoms with E-state index in [1.807, 2.05) is 0 Å². The first-order chi connectivity index (χ1) is 8.58. The van der Waals surface area contributed by atoms with E-state index in [4.69, 9.17) is 0 Å². The molecule has 18 heavy (non-hydrogen) atoms. The summed E-state index contributed by atoms with van der Waals surface area (Å²) in [6.45, 7) is 0.629. The number of carbonyl (C=O) groups is 1. The van der Waals surface area contributed by atoms with Crippen LogP contribution in [0.15, 0.2) is 23.1 Å². The molecule has 1 aliphatic rings. The normalized spacial score (nSPS) is 15.2. The molecule has 0 aromatic carbocycles. The van der Waals surface area contributed by atoms with Gasteiger partial charge in [0, 0.05) is 25.2 Å². The molecule has 1 aliphatic carbocycles. The van der Waals surface area contributed by atoms with Gasteiger partial charge in [0.1, 0.15) is 11.2 Å². The first-order valence-electron chi connectivity index (χ1n) is 6.00. The largest absolute Gasteiger partial charge is 0.477 e. The number of carboxylic acids is 1. The number of fused-ring (bicyclic) bond motifs is 1. The summed E-state index contributed by atoms with van der Waals surface area (Å²) in [5.74, 6) is -0.461. The molecule has 2 aromatic rings. The molecule has 0 saturated heterocycles. The summed E-state index contributed by atoms with van der Waals surface area (Å²) in [6, 6.07) is 3.37. The van der Waals surface area contributed by atoms with Crippen molar-refractivity contribution < 1.29 is 9.90 Å². The Hall–Kier alpha value is -2.04. The molecule has 2 heterocycles. The van der Waals surface area contributed by atoms with Crippen molar-refractivity contribution in [2.75, 3.05) is 0 Å². The number of rotatable bonds is 3. The summed E-state index contributed by atoms with van der Waals surface area (Å²) in [4.78, 5) is 23.4. The zero-order chi connectivity index (χ0) is 12.9. The summed E-state index contributed by atoms with van der Waals surface area (Å²) >= 11 is 0. The Morgan fingerprint density at radius 1 is 1.50 bits per heavy atom. The number of aromatic nitrogens is 2. The monoisotopic (exact) mass is 246 g/mol. The van der Waals surface area contributed by atoms with E-state index in [0.717, 1.165) is 12.8 Å². The van der Waals surface area contributed by atoms with Crippen molar-refractivity contribution in [1.82, 2.24) is 9.13 Å². The predicted octanol–water partition coefficient (Wildman–Crippen LogP) is 1.45. The van der Waals surface area contributed by atoms with Crippen molar-refractivity contribution in [3.05, 3.63) is 34.4 Å². The lowest BCUT2D eigenvalue weighted by molar-refractivity contribution is 0.0685. The van der Waals surface area contributed by atoms with Gasteiger partial charge in [-0.3, -0.25) is 4.79 Å². The summed E-state index contributed by atoms with van der Waals surface area (Å²) in [5, 5.41) is 9.94. The van der Waals surface area contributed by atoms with Gasteiger partial charge in [-0.2, -0.15) is 0 Å². The van der Waals surface area contributed by atoms with E-state index in [1.165, 1.54) is 4.57 Å². The number of hydrogen-bond acceptors (Lipinski definition) is 2. The Balaban J connectivity index is 2.31. The van der Waals surface area contributed by atoms with E-state index >= 15 is 0 Å². The molecule has 0 spiro atoms.